The van der Waals surface area contributed by atoms with E-state index in [1.165, 1.54) is 0 Å². The van der Waals surface area contributed by atoms with Gasteiger partial charge < -0.3 is 29.8 Å². The lowest BCUT2D eigenvalue weighted by Crippen LogP contribution is -2.55. The molecule has 1 saturated carbocycles. The van der Waals surface area contributed by atoms with Gasteiger partial charge in [0.25, 0.3) is 0 Å². The van der Waals surface area contributed by atoms with Gasteiger partial charge >= 0.3 is 27.1 Å². The van der Waals surface area contributed by atoms with Gasteiger partial charge in [-0.25, -0.2) is 0 Å². The van der Waals surface area contributed by atoms with Crippen molar-refractivity contribution in [2.75, 3.05) is 25.7 Å². The molecule has 1 fully saturated rings. The third-order valence-corrected chi connectivity index (χ3v) is 5.50. The minimum Gasteiger partial charge on any atom is -0.480 e. The molecule has 0 aromatic rings. The summed E-state index contributed by atoms with van der Waals surface area (Å²) in [5.74, 6) is -2.63. The normalized spacial score (nSPS) is 21.9. The van der Waals surface area contributed by atoms with Crippen LogP contribution in [0.4, 0.5) is 0 Å². The summed E-state index contributed by atoms with van der Waals surface area (Å²) in [7, 11) is -9.19. The maximum atomic E-state index is 11.4. The van der Waals surface area contributed by atoms with Crippen molar-refractivity contribution in [2.24, 2.45) is 0 Å². The lowest BCUT2D eigenvalue weighted by molar-refractivity contribution is -0.142. The summed E-state index contributed by atoms with van der Waals surface area (Å²) >= 11 is 0. The molecule has 0 amide bonds. The molecule has 12 nitrogen and oxygen atoms in total. The van der Waals surface area contributed by atoms with Gasteiger partial charge in [-0.15, -0.1) is 0 Å². The van der Waals surface area contributed by atoms with Crippen molar-refractivity contribution >= 4 is 27.1 Å². The molecule has 0 spiro atoms. The molecule has 152 valence electrons. The van der Waals surface area contributed by atoms with Crippen LogP contribution in [0.3, 0.4) is 0 Å². The van der Waals surface area contributed by atoms with Crippen LogP contribution in [0.15, 0.2) is 0 Å². The lowest BCUT2D eigenvalue weighted by atomic mass is 9.88. The van der Waals surface area contributed by atoms with E-state index in [1.807, 2.05) is 0 Å². The zero-order valence-corrected chi connectivity index (χ0v) is 15.7. The number of carboxylic acid groups (broad SMARTS) is 2. The molecule has 26 heavy (non-hydrogen) atoms. The second-order valence-corrected chi connectivity index (χ2v) is 9.54. The Morgan fingerprint density at radius 2 is 1.08 bits per heavy atom. The standard InChI is InChI=1S/C12H24N2O10P2/c15-11(16)5-13(7-25(19,20)21)9-3-1-2-4-10(9)14(6-12(17)18)8-26(22,23)24/h9-10H,1-8H2,(H,15,16)(H,17,18)(H2,19,20,21)(H2,22,23,24)/t9-,10-/m0/s1. The molecule has 1 aliphatic rings. The molecule has 0 aliphatic heterocycles. The van der Waals surface area contributed by atoms with Crippen molar-refractivity contribution in [3.05, 3.63) is 0 Å². The number of carbonyl (C=O) groups is 2. The Balaban J connectivity index is 3.15. The van der Waals surface area contributed by atoms with Crippen LogP contribution in [0.5, 0.6) is 0 Å². The average molecular weight is 418 g/mol. The Morgan fingerprint density at radius 3 is 1.31 bits per heavy atom. The maximum absolute atomic E-state index is 11.4. The summed E-state index contributed by atoms with van der Waals surface area (Å²) in [4.78, 5) is 61.2. The van der Waals surface area contributed by atoms with Crippen LogP contribution in [0.25, 0.3) is 0 Å². The highest BCUT2D eigenvalue weighted by Gasteiger charge is 2.39. The lowest BCUT2D eigenvalue weighted by Gasteiger charge is -2.44. The van der Waals surface area contributed by atoms with Gasteiger partial charge in [-0.05, 0) is 12.8 Å². The van der Waals surface area contributed by atoms with Gasteiger partial charge in [0.1, 0.15) is 12.6 Å². The Kier molecular flexibility index (Phi) is 8.37. The zero-order valence-electron chi connectivity index (χ0n) is 13.9. The van der Waals surface area contributed by atoms with Crippen LogP contribution >= 0.6 is 15.2 Å². The van der Waals surface area contributed by atoms with E-state index in [0.29, 0.717) is 25.7 Å². The van der Waals surface area contributed by atoms with Crippen molar-refractivity contribution in [2.45, 2.75) is 37.8 Å². The molecule has 0 unspecified atom stereocenters. The van der Waals surface area contributed by atoms with Gasteiger partial charge in [0.2, 0.25) is 0 Å². The van der Waals surface area contributed by atoms with Crippen molar-refractivity contribution < 1.29 is 48.5 Å². The van der Waals surface area contributed by atoms with Crippen LogP contribution in [0.1, 0.15) is 25.7 Å². The SMILES string of the molecule is O=C(O)CN(CP(=O)(O)O)[C@H]1CCCC[C@@H]1N(CC(=O)O)CP(=O)(O)O. The highest BCUT2D eigenvalue weighted by Crippen LogP contribution is 2.41. The van der Waals surface area contributed by atoms with Gasteiger partial charge in [-0.3, -0.25) is 28.5 Å². The fourth-order valence-corrected chi connectivity index (χ4v) is 4.87. The molecule has 0 aromatic heterocycles. The number of hydrogen-bond donors (Lipinski definition) is 6. The van der Waals surface area contributed by atoms with E-state index >= 15 is 0 Å². The molecule has 0 aromatic carbocycles. The smallest absolute Gasteiger partial charge is 0.339 e. The van der Waals surface area contributed by atoms with Crippen molar-refractivity contribution in [1.29, 1.82) is 0 Å². The minimum absolute atomic E-state index is 0.329. The zero-order chi connectivity index (χ0) is 20.1. The van der Waals surface area contributed by atoms with Gasteiger partial charge in [0.05, 0.1) is 13.1 Å². The molecule has 1 rings (SSSR count). The average Bonchev–Trinajstić information content (AvgIpc) is 2.42. The monoisotopic (exact) mass is 418 g/mol. The van der Waals surface area contributed by atoms with Crippen LogP contribution in [-0.2, 0) is 18.7 Å². The summed E-state index contributed by atoms with van der Waals surface area (Å²) in [5.41, 5.74) is 0. The highest BCUT2D eigenvalue weighted by molar-refractivity contribution is 7.51. The topological polar surface area (TPSA) is 196 Å². The van der Waals surface area contributed by atoms with Gasteiger partial charge in [0.15, 0.2) is 0 Å². The Bertz CT molecular complexity index is 551. The Hall–Kier alpha value is -0.840. The van der Waals surface area contributed by atoms with E-state index in [2.05, 4.69) is 0 Å². The number of nitrogens with zero attached hydrogens (tertiary/aromatic N) is 2. The first-order valence-corrected chi connectivity index (χ1v) is 11.4. The number of rotatable bonds is 10. The third kappa shape index (κ3) is 8.70. The molecule has 2 atom stereocenters. The van der Waals surface area contributed by atoms with Gasteiger partial charge in [0, 0.05) is 12.1 Å². The van der Waals surface area contributed by atoms with Crippen LogP contribution in [0, 0.1) is 0 Å². The first-order chi connectivity index (χ1) is 11.8. The molecule has 14 heteroatoms. The minimum atomic E-state index is -4.60. The molecule has 1 aliphatic carbocycles. The predicted molar refractivity (Wildman–Crippen MR) is 88.5 cm³/mol. The molecular formula is C12H24N2O10P2. The van der Waals surface area contributed by atoms with Gasteiger partial charge in [-0.2, -0.15) is 0 Å². The molecular weight excluding hydrogens is 394 g/mol. The van der Waals surface area contributed by atoms with E-state index in [0.717, 1.165) is 9.80 Å². The van der Waals surface area contributed by atoms with Crippen molar-refractivity contribution in [3.8, 4) is 0 Å². The summed E-state index contributed by atoms with van der Waals surface area (Å²) in [6, 6.07) is -1.50. The summed E-state index contributed by atoms with van der Waals surface area (Å²) in [6.45, 7) is -1.35. The highest BCUT2D eigenvalue weighted by atomic mass is 31.2. The number of aliphatic carboxylic acids is 2. The second-order valence-electron chi connectivity index (χ2n) is 6.31. The third-order valence-electron chi connectivity index (χ3n) is 4.04. The predicted octanol–water partition coefficient (Wildman–Crippen LogP) is -0.659. The molecule has 0 saturated heterocycles. The van der Waals surface area contributed by atoms with Crippen molar-refractivity contribution in [3.63, 3.8) is 0 Å². The fraction of sp³-hybridized carbons (Fsp3) is 0.833. The second kappa shape index (κ2) is 9.38. The van der Waals surface area contributed by atoms with Crippen LogP contribution in [0.2, 0.25) is 0 Å². The van der Waals surface area contributed by atoms with Crippen LogP contribution in [-0.4, -0.2) is 89.3 Å². The molecule has 0 radical (unpaired) electrons. The first kappa shape index (κ1) is 23.2. The summed E-state index contributed by atoms with van der Waals surface area (Å²) < 4.78 is 22.8. The van der Waals surface area contributed by atoms with E-state index in [1.54, 1.807) is 0 Å². The summed E-state index contributed by atoms with van der Waals surface area (Å²) in [6.07, 6.45) is 0.226. The molecule has 0 bridgehead atoms. The maximum Gasteiger partial charge on any atom is 0.339 e. The van der Waals surface area contributed by atoms with E-state index in [9.17, 15) is 38.3 Å². The van der Waals surface area contributed by atoms with E-state index in [4.69, 9.17) is 10.2 Å². The van der Waals surface area contributed by atoms with E-state index in [-0.39, 0.29) is 0 Å². The van der Waals surface area contributed by atoms with E-state index < -0.39 is 64.9 Å². The quantitative estimate of drug-likeness (QED) is 0.245. The summed E-state index contributed by atoms with van der Waals surface area (Å²) in [5, 5.41) is 18.1. The van der Waals surface area contributed by atoms with Crippen molar-refractivity contribution in [1.82, 2.24) is 9.80 Å². The van der Waals surface area contributed by atoms with Crippen LogP contribution < -0.4 is 0 Å². The fourth-order valence-electron chi connectivity index (χ4n) is 3.31. The Labute approximate surface area is 149 Å². The molecule has 0 heterocycles. The first-order valence-electron chi connectivity index (χ1n) is 7.79. The molecule has 6 N–H and O–H groups in total. The number of hydrogen-bond acceptors (Lipinski definition) is 6. The Morgan fingerprint density at radius 1 is 0.769 bits per heavy atom. The number of carboxylic acids is 2. The largest absolute Gasteiger partial charge is 0.480 e. The van der Waals surface area contributed by atoms with Gasteiger partial charge in [-0.1, -0.05) is 12.8 Å².